The number of halogens is 8. The Bertz CT molecular complexity index is 1510. The van der Waals surface area contributed by atoms with E-state index in [1.807, 2.05) is 4.72 Å². The standard InChI is InChI=1S/C24H20ClF7N4O3S/c25-13-5-10-18(17(11-13)23(27,28)29)35-40(38,39)20-4-2-1-3-19(20)34-22(37)16-12-33-36(21(16)24(30,31)32)15-8-6-14(26)7-9-15/h5-12,19-20,35H,1-4H2,(H,34,37). The van der Waals surface area contributed by atoms with E-state index in [2.05, 4.69) is 10.4 Å². The second-order valence-electron chi connectivity index (χ2n) is 9.03. The molecule has 2 aromatic carbocycles. The largest absolute Gasteiger partial charge is 0.434 e. The van der Waals surface area contributed by atoms with Crippen LogP contribution in [0.5, 0.6) is 0 Å². The summed E-state index contributed by atoms with van der Waals surface area (Å²) in [5.74, 6) is -1.99. The summed E-state index contributed by atoms with van der Waals surface area (Å²) in [5.41, 5.74) is -4.68. The molecule has 1 aliphatic carbocycles. The highest BCUT2D eigenvalue weighted by molar-refractivity contribution is 7.93. The van der Waals surface area contributed by atoms with E-state index in [1.165, 1.54) is 0 Å². The smallest absolute Gasteiger partial charge is 0.348 e. The average molecular weight is 613 g/mol. The van der Waals surface area contributed by atoms with Crippen LogP contribution in [-0.2, 0) is 22.4 Å². The summed E-state index contributed by atoms with van der Waals surface area (Å²) < 4.78 is 124. The molecule has 16 heteroatoms. The molecule has 2 atom stereocenters. The van der Waals surface area contributed by atoms with Crippen molar-refractivity contribution in [3.63, 3.8) is 0 Å². The number of carbonyl (C=O) groups excluding carboxylic acids is 1. The summed E-state index contributed by atoms with van der Waals surface area (Å²) in [5, 5.41) is 4.20. The molecule has 2 N–H and O–H groups in total. The number of aromatic nitrogens is 2. The number of hydrogen-bond acceptors (Lipinski definition) is 4. The van der Waals surface area contributed by atoms with Crippen molar-refractivity contribution >= 4 is 33.2 Å². The fourth-order valence-electron chi connectivity index (χ4n) is 4.51. The van der Waals surface area contributed by atoms with Gasteiger partial charge in [-0.1, -0.05) is 24.4 Å². The number of hydrogen-bond donors (Lipinski definition) is 2. The molecule has 1 amide bonds. The lowest BCUT2D eigenvalue weighted by atomic mass is 9.94. The minimum Gasteiger partial charge on any atom is -0.348 e. The first kappa shape index (κ1) is 29.6. The van der Waals surface area contributed by atoms with E-state index in [0.717, 1.165) is 36.4 Å². The SMILES string of the molecule is O=C(NC1CCCCC1S(=O)(=O)Nc1ccc(Cl)cc1C(F)(F)F)c1cnn(-c2ccc(F)cc2)c1C(F)(F)F. The van der Waals surface area contributed by atoms with Crippen LogP contribution < -0.4 is 10.0 Å². The van der Waals surface area contributed by atoms with Crippen molar-refractivity contribution in [2.24, 2.45) is 0 Å². The van der Waals surface area contributed by atoms with Crippen LogP contribution in [-0.4, -0.2) is 35.4 Å². The number of benzene rings is 2. The van der Waals surface area contributed by atoms with Gasteiger partial charge in [-0.25, -0.2) is 17.5 Å². The highest BCUT2D eigenvalue weighted by Gasteiger charge is 2.43. The molecule has 216 valence electrons. The van der Waals surface area contributed by atoms with Crippen molar-refractivity contribution in [2.45, 2.75) is 49.3 Å². The zero-order valence-corrected chi connectivity index (χ0v) is 21.7. The van der Waals surface area contributed by atoms with Crippen molar-refractivity contribution in [1.82, 2.24) is 15.1 Å². The molecule has 40 heavy (non-hydrogen) atoms. The molecule has 0 aliphatic heterocycles. The van der Waals surface area contributed by atoms with E-state index in [9.17, 15) is 43.9 Å². The number of amides is 1. The average Bonchev–Trinajstić information content (AvgIpc) is 3.31. The number of alkyl halides is 6. The Kier molecular flexibility index (Phi) is 8.09. The van der Waals surface area contributed by atoms with Gasteiger partial charge in [0, 0.05) is 11.1 Å². The maximum absolute atomic E-state index is 14.0. The third-order valence-electron chi connectivity index (χ3n) is 6.31. The van der Waals surface area contributed by atoms with Gasteiger partial charge in [0.2, 0.25) is 10.0 Å². The maximum atomic E-state index is 14.0. The lowest BCUT2D eigenvalue weighted by molar-refractivity contribution is -0.143. The number of carbonyl (C=O) groups is 1. The number of sulfonamides is 1. The van der Waals surface area contributed by atoms with Crippen molar-refractivity contribution < 1.29 is 43.9 Å². The molecule has 1 heterocycles. The molecule has 1 aliphatic rings. The Hall–Kier alpha value is -3.33. The molecule has 4 rings (SSSR count). The van der Waals surface area contributed by atoms with E-state index in [1.54, 1.807) is 0 Å². The number of anilines is 1. The van der Waals surface area contributed by atoms with Crippen LogP contribution in [0, 0.1) is 5.82 Å². The minimum atomic E-state index is -5.08. The van der Waals surface area contributed by atoms with Crippen LogP contribution in [0.3, 0.4) is 0 Å². The topological polar surface area (TPSA) is 93.1 Å². The van der Waals surface area contributed by atoms with Crippen LogP contribution in [0.4, 0.5) is 36.4 Å². The molecular formula is C24H20ClF7N4O3S. The van der Waals surface area contributed by atoms with E-state index < -0.39 is 67.9 Å². The predicted molar refractivity (Wildman–Crippen MR) is 131 cm³/mol. The van der Waals surface area contributed by atoms with Crippen LogP contribution in [0.15, 0.2) is 48.7 Å². The lowest BCUT2D eigenvalue weighted by Crippen LogP contribution is -2.50. The van der Waals surface area contributed by atoms with E-state index in [4.69, 9.17) is 11.6 Å². The van der Waals surface area contributed by atoms with Crippen LogP contribution in [0.2, 0.25) is 5.02 Å². The molecule has 1 fully saturated rings. The summed E-state index contributed by atoms with van der Waals surface area (Å²) in [6, 6.07) is 5.11. The molecule has 0 bridgehead atoms. The van der Waals surface area contributed by atoms with Gasteiger partial charge in [0.15, 0.2) is 5.69 Å². The zero-order valence-electron chi connectivity index (χ0n) is 20.2. The van der Waals surface area contributed by atoms with Crippen molar-refractivity contribution in [3.05, 3.63) is 76.3 Å². The second-order valence-corrected chi connectivity index (χ2v) is 11.4. The maximum Gasteiger partial charge on any atom is 0.434 e. The second kappa shape index (κ2) is 10.9. The van der Waals surface area contributed by atoms with Crippen LogP contribution in [0.25, 0.3) is 5.69 Å². The summed E-state index contributed by atoms with van der Waals surface area (Å²) in [6.07, 6.45) is -8.65. The van der Waals surface area contributed by atoms with Gasteiger partial charge in [-0.2, -0.15) is 31.4 Å². The van der Waals surface area contributed by atoms with Gasteiger partial charge in [0.1, 0.15) is 11.1 Å². The summed E-state index contributed by atoms with van der Waals surface area (Å²) in [7, 11) is -4.58. The highest BCUT2D eigenvalue weighted by Crippen LogP contribution is 2.38. The Labute approximate surface area is 228 Å². The summed E-state index contributed by atoms with van der Waals surface area (Å²) in [4.78, 5) is 13.0. The van der Waals surface area contributed by atoms with Gasteiger partial charge in [0.25, 0.3) is 5.91 Å². The third kappa shape index (κ3) is 6.35. The van der Waals surface area contributed by atoms with Crippen LogP contribution >= 0.6 is 11.6 Å². The Morgan fingerprint density at radius 1 is 0.975 bits per heavy atom. The molecule has 1 saturated carbocycles. The molecule has 0 spiro atoms. The zero-order chi connectivity index (χ0) is 29.5. The highest BCUT2D eigenvalue weighted by atomic mass is 35.5. The first-order valence-corrected chi connectivity index (χ1v) is 13.6. The first-order chi connectivity index (χ1) is 18.6. The summed E-state index contributed by atoms with van der Waals surface area (Å²) in [6.45, 7) is 0. The number of nitrogens with one attached hydrogen (secondary N) is 2. The summed E-state index contributed by atoms with van der Waals surface area (Å²) >= 11 is 5.65. The van der Waals surface area contributed by atoms with Crippen LogP contribution in [0.1, 0.15) is 47.3 Å². The molecule has 0 saturated heterocycles. The first-order valence-electron chi connectivity index (χ1n) is 11.7. The van der Waals surface area contributed by atoms with Crippen molar-refractivity contribution in [1.29, 1.82) is 0 Å². The van der Waals surface area contributed by atoms with E-state index in [-0.39, 0.29) is 23.6 Å². The molecule has 2 unspecified atom stereocenters. The predicted octanol–water partition coefficient (Wildman–Crippen LogP) is 6.19. The van der Waals surface area contributed by atoms with E-state index in [0.29, 0.717) is 29.8 Å². The van der Waals surface area contributed by atoms with Crippen molar-refractivity contribution in [3.8, 4) is 5.69 Å². The van der Waals surface area contributed by atoms with Crippen molar-refractivity contribution in [2.75, 3.05) is 4.72 Å². The van der Waals surface area contributed by atoms with Gasteiger partial charge in [-0.3, -0.25) is 9.52 Å². The normalized spacial score (nSPS) is 18.4. The minimum absolute atomic E-state index is 0.0392. The third-order valence-corrected chi connectivity index (χ3v) is 8.41. The Morgan fingerprint density at radius 2 is 1.62 bits per heavy atom. The fraction of sp³-hybridized carbons (Fsp3) is 0.333. The van der Waals surface area contributed by atoms with Gasteiger partial charge in [-0.05, 0) is 55.3 Å². The number of rotatable bonds is 6. The van der Waals surface area contributed by atoms with E-state index >= 15 is 0 Å². The molecule has 7 nitrogen and oxygen atoms in total. The molecule has 1 aromatic heterocycles. The molecule has 0 radical (unpaired) electrons. The fourth-order valence-corrected chi connectivity index (χ4v) is 6.44. The van der Waals surface area contributed by atoms with Gasteiger partial charge in [0.05, 0.1) is 28.7 Å². The Morgan fingerprint density at radius 3 is 2.25 bits per heavy atom. The quantitative estimate of drug-likeness (QED) is 0.325. The number of nitrogens with zero attached hydrogens (tertiary/aromatic N) is 2. The van der Waals surface area contributed by atoms with Gasteiger partial charge < -0.3 is 5.32 Å². The Balaban J connectivity index is 1.63. The lowest BCUT2D eigenvalue weighted by Gasteiger charge is -2.32. The van der Waals surface area contributed by atoms with Gasteiger partial charge in [-0.15, -0.1) is 0 Å². The molecular weight excluding hydrogens is 593 g/mol. The monoisotopic (exact) mass is 612 g/mol. The van der Waals surface area contributed by atoms with Gasteiger partial charge >= 0.3 is 12.4 Å². The molecule has 3 aromatic rings.